The molecule has 8 nitrogen and oxygen atoms in total. The lowest BCUT2D eigenvalue weighted by molar-refractivity contribution is -0.274. The third-order valence-electron chi connectivity index (χ3n) is 6.75. The highest BCUT2D eigenvalue weighted by Gasteiger charge is 2.44. The number of carbonyl (C=O) groups is 1. The van der Waals surface area contributed by atoms with Crippen molar-refractivity contribution in [3.05, 3.63) is 67.8 Å². The summed E-state index contributed by atoms with van der Waals surface area (Å²) in [6.45, 7) is 0. The van der Waals surface area contributed by atoms with E-state index in [1.54, 1.807) is 11.0 Å². The summed E-state index contributed by atoms with van der Waals surface area (Å²) in [6.07, 6.45) is -1.05. The summed E-state index contributed by atoms with van der Waals surface area (Å²) in [5.41, 5.74) is -0.324. The molecule has 0 saturated carbocycles. The van der Waals surface area contributed by atoms with Crippen molar-refractivity contribution in [2.75, 3.05) is 0 Å². The molecule has 4 heterocycles. The van der Waals surface area contributed by atoms with E-state index in [1.807, 2.05) is 0 Å². The maximum atomic E-state index is 13.2. The second kappa shape index (κ2) is 8.40. The van der Waals surface area contributed by atoms with Crippen LogP contribution in [0.25, 0.3) is 11.2 Å². The van der Waals surface area contributed by atoms with Gasteiger partial charge in [0.05, 0.1) is 10.5 Å². The van der Waals surface area contributed by atoms with Crippen molar-refractivity contribution in [3.63, 3.8) is 0 Å². The molecule has 0 unspecified atom stereocenters. The lowest BCUT2D eigenvalue weighted by atomic mass is 9.95. The van der Waals surface area contributed by atoms with Crippen molar-refractivity contribution in [1.29, 1.82) is 0 Å². The second-order valence-corrected chi connectivity index (χ2v) is 9.27. The van der Waals surface area contributed by atoms with Gasteiger partial charge in [0.15, 0.2) is 5.65 Å². The molecule has 12 heteroatoms. The summed E-state index contributed by atoms with van der Waals surface area (Å²) in [7, 11) is 1.49. The van der Waals surface area contributed by atoms with Crippen LogP contribution in [0.4, 0.5) is 13.2 Å². The maximum absolute atomic E-state index is 13.2. The first-order chi connectivity index (χ1) is 16.5. The number of nitrogens with zero attached hydrogens (tertiary/aromatic N) is 4. The summed E-state index contributed by atoms with van der Waals surface area (Å²) in [6, 6.07) is 5.71. The molecule has 1 amide bonds. The van der Waals surface area contributed by atoms with Crippen LogP contribution < -0.4 is 15.9 Å². The lowest BCUT2D eigenvalue weighted by Crippen LogP contribution is -2.50. The zero-order chi connectivity index (χ0) is 25.1. The molecule has 2 aliphatic heterocycles. The van der Waals surface area contributed by atoms with Gasteiger partial charge < -0.3 is 14.2 Å². The number of aromatic nitrogens is 3. The Morgan fingerprint density at radius 1 is 1.06 bits per heavy atom. The molecule has 3 aromatic rings. The minimum atomic E-state index is -4.81. The van der Waals surface area contributed by atoms with Gasteiger partial charge in [-0.3, -0.25) is 19.0 Å². The number of benzene rings is 1. The van der Waals surface area contributed by atoms with Gasteiger partial charge in [-0.25, -0.2) is 4.98 Å². The molecule has 2 saturated heterocycles. The molecule has 0 N–H and O–H groups in total. The van der Waals surface area contributed by atoms with Crippen molar-refractivity contribution < 1.29 is 22.7 Å². The van der Waals surface area contributed by atoms with Crippen LogP contribution >= 0.6 is 11.6 Å². The molecule has 2 aromatic heterocycles. The summed E-state index contributed by atoms with van der Waals surface area (Å²) < 4.78 is 43.8. The number of carbonyl (C=O) groups excluding carboxylic acids is 1. The minimum absolute atomic E-state index is 0.185. The van der Waals surface area contributed by atoms with Crippen molar-refractivity contribution in [3.8, 4) is 5.75 Å². The molecule has 2 bridgehead atoms. The van der Waals surface area contributed by atoms with Crippen LogP contribution in [-0.4, -0.2) is 43.4 Å². The molecule has 0 aliphatic carbocycles. The maximum Gasteiger partial charge on any atom is 0.573 e. The SMILES string of the molecule is Cn1c(=O)c(=O)n([C@H]2C[C@H]3CC[C@@H](C2)N3C(=O)c2ccc(OC(F)(F)F)cc2)c2ncc(Cl)cc21. The van der Waals surface area contributed by atoms with Crippen LogP contribution in [0.15, 0.2) is 46.1 Å². The Kier molecular flexibility index (Phi) is 5.62. The minimum Gasteiger partial charge on any atom is -0.406 e. The Bertz CT molecular complexity index is 1420. The van der Waals surface area contributed by atoms with E-state index in [4.69, 9.17) is 11.6 Å². The van der Waals surface area contributed by atoms with E-state index in [0.29, 0.717) is 29.0 Å². The highest BCUT2D eigenvalue weighted by Crippen LogP contribution is 2.42. The van der Waals surface area contributed by atoms with Crippen molar-refractivity contribution in [2.24, 2.45) is 7.05 Å². The number of ether oxygens (including phenoxy) is 1. The number of halogens is 4. The van der Waals surface area contributed by atoms with Crippen LogP contribution in [0.5, 0.6) is 5.75 Å². The van der Waals surface area contributed by atoms with E-state index in [1.165, 1.54) is 34.5 Å². The second-order valence-electron chi connectivity index (χ2n) is 8.83. The van der Waals surface area contributed by atoms with E-state index in [0.717, 1.165) is 25.0 Å². The number of rotatable bonds is 3. The number of hydrogen-bond donors (Lipinski definition) is 0. The Morgan fingerprint density at radius 2 is 1.69 bits per heavy atom. The van der Waals surface area contributed by atoms with Crippen LogP contribution in [-0.2, 0) is 7.05 Å². The molecule has 2 aliphatic rings. The number of alkyl halides is 3. The Labute approximate surface area is 201 Å². The van der Waals surface area contributed by atoms with Gasteiger partial charge in [-0.2, -0.15) is 0 Å². The summed E-state index contributed by atoms with van der Waals surface area (Å²) in [5.74, 6) is -0.694. The van der Waals surface area contributed by atoms with Crippen LogP contribution in [0.2, 0.25) is 5.02 Å². The lowest BCUT2D eigenvalue weighted by Gasteiger charge is -2.39. The quantitative estimate of drug-likeness (QED) is 0.504. The van der Waals surface area contributed by atoms with Gasteiger partial charge in [0.1, 0.15) is 5.75 Å². The van der Waals surface area contributed by atoms with E-state index in [2.05, 4.69) is 9.72 Å². The topological polar surface area (TPSA) is 86.4 Å². The van der Waals surface area contributed by atoms with Gasteiger partial charge in [0.25, 0.3) is 5.91 Å². The average molecular weight is 509 g/mol. The smallest absolute Gasteiger partial charge is 0.406 e. The first-order valence-corrected chi connectivity index (χ1v) is 11.4. The molecule has 1 aromatic carbocycles. The van der Waals surface area contributed by atoms with Gasteiger partial charge in [-0.05, 0) is 56.0 Å². The number of amides is 1. The van der Waals surface area contributed by atoms with Crippen LogP contribution in [0.3, 0.4) is 0 Å². The largest absolute Gasteiger partial charge is 0.573 e. The number of pyridine rings is 1. The fourth-order valence-electron chi connectivity index (χ4n) is 5.28. The fraction of sp³-hybridized carbons (Fsp3) is 0.391. The Hall–Kier alpha value is -3.34. The van der Waals surface area contributed by atoms with E-state index >= 15 is 0 Å². The zero-order valence-electron chi connectivity index (χ0n) is 18.5. The molecule has 0 radical (unpaired) electrons. The number of fused-ring (bicyclic) bond motifs is 3. The van der Waals surface area contributed by atoms with Crippen molar-refractivity contribution >= 4 is 28.7 Å². The van der Waals surface area contributed by atoms with E-state index < -0.39 is 23.2 Å². The first kappa shape index (κ1) is 23.4. The third-order valence-corrected chi connectivity index (χ3v) is 6.96. The molecule has 5 rings (SSSR count). The highest BCUT2D eigenvalue weighted by atomic mass is 35.5. The van der Waals surface area contributed by atoms with Crippen molar-refractivity contribution in [1.82, 2.24) is 19.0 Å². The number of hydrogen-bond acceptors (Lipinski definition) is 5. The Morgan fingerprint density at radius 3 is 2.29 bits per heavy atom. The van der Waals surface area contributed by atoms with Crippen molar-refractivity contribution in [2.45, 2.75) is 50.2 Å². The van der Waals surface area contributed by atoms with E-state index in [-0.39, 0.29) is 29.6 Å². The molecule has 3 atom stereocenters. The van der Waals surface area contributed by atoms with E-state index in [9.17, 15) is 27.6 Å². The fourth-order valence-corrected chi connectivity index (χ4v) is 5.44. The van der Waals surface area contributed by atoms with Crippen LogP contribution in [0.1, 0.15) is 42.1 Å². The summed E-state index contributed by atoms with van der Waals surface area (Å²) >= 11 is 6.06. The van der Waals surface area contributed by atoms with Crippen LogP contribution in [0, 0.1) is 0 Å². The van der Waals surface area contributed by atoms with Gasteiger partial charge >= 0.3 is 17.5 Å². The molecule has 184 valence electrons. The highest BCUT2D eigenvalue weighted by molar-refractivity contribution is 6.31. The van der Waals surface area contributed by atoms with Gasteiger partial charge in [-0.1, -0.05) is 11.6 Å². The van der Waals surface area contributed by atoms with Gasteiger partial charge in [0.2, 0.25) is 0 Å². The Balaban J connectivity index is 1.43. The first-order valence-electron chi connectivity index (χ1n) is 11.0. The molecular formula is C23H20ClF3N4O4. The summed E-state index contributed by atoms with van der Waals surface area (Å²) in [4.78, 5) is 44.9. The summed E-state index contributed by atoms with van der Waals surface area (Å²) in [5, 5.41) is 0.338. The third kappa shape index (κ3) is 4.18. The van der Waals surface area contributed by atoms with Gasteiger partial charge in [0, 0.05) is 36.9 Å². The predicted molar refractivity (Wildman–Crippen MR) is 121 cm³/mol. The monoisotopic (exact) mass is 508 g/mol. The average Bonchev–Trinajstić information content (AvgIpc) is 3.06. The predicted octanol–water partition coefficient (Wildman–Crippen LogP) is 3.66. The standard InChI is InChI=1S/C23H20ClF3N4O4/c1-29-18-8-13(24)11-28-19(18)31(22(34)21(29)33)16-9-14-4-5-15(10-16)30(14)20(32)12-2-6-17(7-3-12)35-23(25,26)27/h2-3,6-8,11,14-16H,4-5,9-10H2,1H3/t14-,15+,16+. The number of aryl methyl sites for hydroxylation is 1. The number of piperidine rings is 1. The molecule has 2 fully saturated rings. The molecule has 0 spiro atoms. The molecular weight excluding hydrogens is 489 g/mol. The molecule has 35 heavy (non-hydrogen) atoms. The normalized spacial score (nSPS) is 22.0. The zero-order valence-corrected chi connectivity index (χ0v) is 19.2. The van der Waals surface area contributed by atoms with Gasteiger partial charge in [-0.15, -0.1) is 13.2 Å².